The van der Waals surface area contributed by atoms with Crippen LogP contribution < -0.4 is 10.6 Å². The van der Waals surface area contributed by atoms with E-state index in [2.05, 4.69) is 10.6 Å². The van der Waals surface area contributed by atoms with Crippen molar-refractivity contribution < 1.29 is 4.79 Å². The SMILES string of the molecule is CC1(C)NC2(CCCC2)CNC1=O. The summed E-state index contributed by atoms with van der Waals surface area (Å²) >= 11 is 0. The molecule has 0 unspecified atom stereocenters. The zero-order chi connectivity index (χ0) is 9.53. The highest BCUT2D eigenvalue weighted by atomic mass is 16.2. The first-order valence-corrected chi connectivity index (χ1v) is 5.12. The van der Waals surface area contributed by atoms with Crippen molar-refractivity contribution in [3.8, 4) is 0 Å². The lowest BCUT2D eigenvalue weighted by Gasteiger charge is -2.43. The number of rotatable bonds is 0. The molecule has 74 valence electrons. The first-order valence-electron chi connectivity index (χ1n) is 5.12. The molecule has 0 bridgehead atoms. The first kappa shape index (κ1) is 9.00. The predicted molar refractivity (Wildman–Crippen MR) is 51.4 cm³/mol. The Kier molecular flexibility index (Phi) is 1.88. The van der Waals surface area contributed by atoms with E-state index in [-0.39, 0.29) is 17.0 Å². The fraction of sp³-hybridized carbons (Fsp3) is 0.900. The monoisotopic (exact) mass is 182 g/mol. The first-order chi connectivity index (χ1) is 6.04. The fourth-order valence-corrected chi connectivity index (χ4v) is 2.59. The number of hydrogen-bond acceptors (Lipinski definition) is 2. The number of piperazine rings is 1. The minimum atomic E-state index is -0.386. The molecule has 3 nitrogen and oxygen atoms in total. The van der Waals surface area contributed by atoms with Gasteiger partial charge >= 0.3 is 0 Å². The molecular formula is C10H18N2O. The van der Waals surface area contributed by atoms with Gasteiger partial charge in [-0.1, -0.05) is 12.8 Å². The molecule has 1 aliphatic carbocycles. The molecule has 0 radical (unpaired) electrons. The Hall–Kier alpha value is -0.570. The van der Waals surface area contributed by atoms with Gasteiger partial charge in [0.05, 0.1) is 5.54 Å². The maximum absolute atomic E-state index is 11.5. The van der Waals surface area contributed by atoms with Gasteiger partial charge in [-0.15, -0.1) is 0 Å². The minimum absolute atomic E-state index is 0.130. The Labute approximate surface area is 79.3 Å². The zero-order valence-electron chi connectivity index (χ0n) is 8.44. The number of carbonyl (C=O) groups is 1. The van der Waals surface area contributed by atoms with Crippen molar-refractivity contribution in [2.45, 2.75) is 50.6 Å². The van der Waals surface area contributed by atoms with Gasteiger partial charge < -0.3 is 5.32 Å². The van der Waals surface area contributed by atoms with Crippen molar-refractivity contribution in [1.29, 1.82) is 0 Å². The molecular weight excluding hydrogens is 164 g/mol. The molecule has 13 heavy (non-hydrogen) atoms. The molecule has 0 aromatic heterocycles. The summed E-state index contributed by atoms with van der Waals surface area (Å²) in [4.78, 5) is 11.5. The Morgan fingerprint density at radius 3 is 2.38 bits per heavy atom. The van der Waals surface area contributed by atoms with Gasteiger partial charge in [-0.25, -0.2) is 0 Å². The van der Waals surface area contributed by atoms with Gasteiger partial charge in [0.25, 0.3) is 0 Å². The Balaban J connectivity index is 2.14. The van der Waals surface area contributed by atoms with Crippen LogP contribution in [0.4, 0.5) is 0 Å². The van der Waals surface area contributed by atoms with E-state index in [0.29, 0.717) is 0 Å². The van der Waals surface area contributed by atoms with Crippen LogP contribution in [-0.2, 0) is 4.79 Å². The van der Waals surface area contributed by atoms with Crippen LogP contribution in [0.5, 0.6) is 0 Å². The summed E-state index contributed by atoms with van der Waals surface area (Å²) in [7, 11) is 0. The van der Waals surface area contributed by atoms with Crippen LogP contribution in [0.3, 0.4) is 0 Å². The average Bonchev–Trinajstić information content (AvgIpc) is 2.46. The number of nitrogens with one attached hydrogen (secondary N) is 2. The van der Waals surface area contributed by atoms with Gasteiger partial charge in [-0.05, 0) is 26.7 Å². The fourth-order valence-electron chi connectivity index (χ4n) is 2.59. The van der Waals surface area contributed by atoms with Crippen molar-refractivity contribution in [2.24, 2.45) is 0 Å². The van der Waals surface area contributed by atoms with E-state index in [1.807, 2.05) is 13.8 Å². The van der Waals surface area contributed by atoms with Crippen molar-refractivity contribution in [3.63, 3.8) is 0 Å². The van der Waals surface area contributed by atoms with Gasteiger partial charge in [0.1, 0.15) is 0 Å². The van der Waals surface area contributed by atoms with E-state index >= 15 is 0 Å². The highest BCUT2D eigenvalue weighted by Crippen LogP contribution is 2.32. The van der Waals surface area contributed by atoms with Crippen LogP contribution in [-0.4, -0.2) is 23.5 Å². The largest absolute Gasteiger partial charge is 0.353 e. The third-order valence-electron chi connectivity index (χ3n) is 3.29. The van der Waals surface area contributed by atoms with E-state index in [1.54, 1.807) is 0 Å². The lowest BCUT2D eigenvalue weighted by atomic mass is 9.88. The Bertz CT molecular complexity index is 229. The second-order valence-electron chi connectivity index (χ2n) is 4.92. The van der Waals surface area contributed by atoms with E-state index in [4.69, 9.17) is 0 Å². The molecule has 0 aromatic rings. The molecule has 2 rings (SSSR count). The van der Waals surface area contributed by atoms with Crippen LogP contribution in [0, 0.1) is 0 Å². The van der Waals surface area contributed by atoms with Crippen molar-refractivity contribution in [3.05, 3.63) is 0 Å². The summed E-state index contributed by atoms with van der Waals surface area (Å²) < 4.78 is 0. The number of carbonyl (C=O) groups excluding carboxylic acids is 1. The standard InChI is InChI=1S/C10H18N2O/c1-9(2)8(13)11-7-10(12-9)5-3-4-6-10/h12H,3-7H2,1-2H3,(H,11,13). The van der Waals surface area contributed by atoms with Crippen molar-refractivity contribution in [1.82, 2.24) is 10.6 Å². The number of hydrogen-bond donors (Lipinski definition) is 2. The molecule has 0 aromatic carbocycles. The number of amides is 1. The van der Waals surface area contributed by atoms with Crippen LogP contribution in [0.2, 0.25) is 0 Å². The molecule has 1 saturated carbocycles. The van der Waals surface area contributed by atoms with Crippen LogP contribution >= 0.6 is 0 Å². The third kappa shape index (κ3) is 1.46. The molecule has 2 N–H and O–H groups in total. The topological polar surface area (TPSA) is 41.1 Å². The maximum atomic E-state index is 11.5. The normalized spacial score (nSPS) is 30.5. The quantitative estimate of drug-likeness (QED) is 0.581. The third-order valence-corrected chi connectivity index (χ3v) is 3.29. The second kappa shape index (κ2) is 2.71. The Morgan fingerprint density at radius 1 is 1.23 bits per heavy atom. The molecule has 2 fully saturated rings. The molecule has 1 heterocycles. The van der Waals surface area contributed by atoms with Gasteiger partial charge in [0.2, 0.25) is 5.91 Å². The van der Waals surface area contributed by atoms with Gasteiger partial charge in [0.15, 0.2) is 0 Å². The lowest BCUT2D eigenvalue weighted by molar-refractivity contribution is -0.130. The molecule has 1 aliphatic heterocycles. The van der Waals surface area contributed by atoms with Gasteiger partial charge in [0, 0.05) is 12.1 Å². The van der Waals surface area contributed by atoms with Crippen LogP contribution in [0.15, 0.2) is 0 Å². The summed E-state index contributed by atoms with van der Waals surface area (Å²) in [6, 6.07) is 0. The molecule has 2 aliphatic rings. The predicted octanol–water partition coefficient (Wildman–Crippen LogP) is 0.797. The van der Waals surface area contributed by atoms with Crippen molar-refractivity contribution in [2.75, 3.05) is 6.54 Å². The smallest absolute Gasteiger partial charge is 0.239 e. The Morgan fingerprint density at radius 2 is 1.85 bits per heavy atom. The second-order valence-corrected chi connectivity index (χ2v) is 4.92. The zero-order valence-corrected chi connectivity index (χ0v) is 8.44. The van der Waals surface area contributed by atoms with E-state index in [1.165, 1.54) is 25.7 Å². The molecule has 1 saturated heterocycles. The van der Waals surface area contributed by atoms with Gasteiger partial charge in [-0.2, -0.15) is 0 Å². The van der Waals surface area contributed by atoms with Gasteiger partial charge in [-0.3, -0.25) is 10.1 Å². The summed E-state index contributed by atoms with van der Waals surface area (Å²) in [6.45, 7) is 4.73. The van der Waals surface area contributed by atoms with E-state index in [0.717, 1.165) is 6.54 Å². The summed E-state index contributed by atoms with van der Waals surface area (Å²) in [5, 5.41) is 6.51. The molecule has 1 spiro atoms. The van der Waals surface area contributed by atoms with E-state index < -0.39 is 0 Å². The highest BCUT2D eigenvalue weighted by Gasteiger charge is 2.45. The highest BCUT2D eigenvalue weighted by molar-refractivity contribution is 5.86. The minimum Gasteiger partial charge on any atom is -0.353 e. The van der Waals surface area contributed by atoms with E-state index in [9.17, 15) is 4.79 Å². The maximum Gasteiger partial charge on any atom is 0.239 e. The molecule has 3 heteroatoms. The van der Waals surface area contributed by atoms with Crippen LogP contribution in [0.25, 0.3) is 0 Å². The van der Waals surface area contributed by atoms with Crippen molar-refractivity contribution >= 4 is 5.91 Å². The summed E-state index contributed by atoms with van der Waals surface area (Å²) in [5.41, 5.74) is -0.181. The lowest BCUT2D eigenvalue weighted by Crippen LogP contribution is -2.69. The molecule has 1 amide bonds. The molecule has 0 atom stereocenters. The summed E-state index contributed by atoms with van der Waals surface area (Å²) in [5.74, 6) is 0.130. The summed E-state index contributed by atoms with van der Waals surface area (Å²) in [6.07, 6.45) is 4.99. The average molecular weight is 182 g/mol. The van der Waals surface area contributed by atoms with Crippen LogP contribution in [0.1, 0.15) is 39.5 Å².